The van der Waals surface area contributed by atoms with Crippen LogP contribution in [-0.4, -0.2) is 80.6 Å². The van der Waals surface area contributed by atoms with E-state index < -0.39 is 18.1 Å². The summed E-state index contributed by atoms with van der Waals surface area (Å²) in [5.41, 5.74) is 0. The zero-order valence-electron chi connectivity index (χ0n) is 37.8. The van der Waals surface area contributed by atoms with E-state index in [9.17, 15) is 19.5 Å². The molecule has 8 heteroatoms. The fourth-order valence-electron chi connectivity index (χ4n) is 6.93. The number of likely N-dealkylation sites (N-methyl/N-ethyl adjacent to an activating group) is 1. The van der Waals surface area contributed by atoms with Crippen molar-refractivity contribution in [1.29, 1.82) is 0 Å². The lowest BCUT2D eigenvalue weighted by Crippen LogP contribution is -2.50. The highest BCUT2D eigenvalue weighted by molar-refractivity contribution is 5.72. The first-order valence-corrected chi connectivity index (χ1v) is 23.5. The lowest BCUT2D eigenvalue weighted by atomic mass is 10.0. The highest BCUT2D eigenvalue weighted by atomic mass is 16.6. The van der Waals surface area contributed by atoms with E-state index >= 15 is 0 Å². The largest absolute Gasteiger partial charge is 0.477 e. The second kappa shape index (κ2) is 40.3. The topological polar surface area (TPSA) is 99.1 Å². The molecule has 1 N–H and O–H groups in total. The van der Waals surface area contributed by atoms with E-state index in [1.54, 1.807) is 0 Å². The molecule has 57 heavy (non-hydrogen) atoms. The van der Waals surface area contributed by atoms with Gasteiger partial charge in [-0.1, -0.05) is 179 Å². The zero-order chi connectivity index (χ0) is 42.1. The molecule has 0 fully saturated rings. The van der Waals surface area contributed by atoms with Crippen LogP contribution in [0, 0.1) is 0 Å². The molecule has 0 bridgehead atoms. The van der Waals surface area contributed by atoms with Crippen molar-refractivity contribution >= 4 is 17.9 Å². The highest BCUT2D eigenvalue weighted by Crippen LogP contribution is 2.16. The number of carboxylic acids is 1. The van der Waals surface area contributed by atoms with E-state index in [-0.39, 0.29) is 36.2 Å². The Morgan fingerprint density at radius 3 is 1.46 bits per heavy atom. The van der Waals surface area contributed by atoms with Crippen molar-refractivity contribution in [2.75, 3.05) is 41.0 Å². The number of hydrogen-bond acceptors (Lipinski definition) is 6. The van der Waals surface area contributed by atoms with Gasteiger partial charge in [0.15, 0.2) is 12.1 Å². The highest BCUT2D eigenvalue weighted by Gasteiger charge is 2.31. The SMILES string of the molecule is CC/C=C/C/C=C/C/C=C/CCCCCCCCC(=O)OC(COCCC(C(=O)O)[N+](C)(C)C)COC(=O)CCCCCCCCCCCCCCCCCCC. The van der Waals surface area contributed by atoms with E-state index in [1.165, 1.54) is 103 Å². The summed E-state index contributed by atoms with van der Waals surface area (Å²) in [4.78, 5) is 37.0. The summed E-state index contributed by atoms with van der Waals surface area (Å²) < 4.78 is 17.3. The van der Waals surface area contributed by atoms with Gasteiger partial charge in [-0.2, -0.15) is 0 Å². The van der Waals surface area contributed by atoms with E-state index in [4.69, 9.17) is 14.2 Å². The van der Waals surface area contributed by atoms with Crippen molar-refractivity contribution in [1.82, 2.24) is 0 Å². The lowest BCUT2D eigenvalue weighted by Gasteiger charge is -2.31. The molecule has 0 spiro atoms. The first-order valence-electron chi connectivity index (χ1n) is 23.5. The molecule has 0 saturated heterocycles. The maximum absolute atomic E-state index is 12.7. The van der Waals surface area contributed by atoms with Crippen LogP contribution in [0.25, 0.3) is 0 Å². The standard InChI is InChI=1S/C49H89NO7/c1-6-8-10-12-14-16-18-20-22-24-26-27-29-31-33-35-37-39-47(51)56-44-45(43-55-42-41-46(49(53)54)50(3,4)5)57-48(52)40-38-36-34-32-30-28-25-23-21-19-17-15-13-11-9-7-2/h9,11,15,17,21,23,45-46H,6-8,10,12-14,16,18-20,22,24-44H2,1-5H3/p+1/b11-9+,17-15+,23-21+. The minimum absolute atomic E-state index is 0.0533. The third-order valence-corrected chi connectivity index (χ3v) is 10.6. The molecule has 2 atom stereocenters. The van der Waals surface area contributed by atoms with E-state index in [0.29, 0.717) is 19.3 Å². The Balaban J connectivity index is 4.30. The molecular weight excluding hydrogens is 715 g/mol. The Kier molecular flexibility index (Phi) is 38.6. The van der Waals surface area contributed by atoms with Gasteiger partial charge in [-0.25, -0.2) is 4.79 Å². The number of rotatable bonds is 42. The van der Waals surface area contributed by atoms with Gasteiger partial charge in [0.2, 0.25) is 0 Å². The molecule has 0 radical (unpaired) electrons. The first-order chi connectivity index (χ1) is 27.6. The number of allylic oxidation sites excluding steroid dienone is 6. The molecule has 0 saturated carbocycles. The van der Waals surface area contributed by atoms with Crippen LogP contribution in [0.15, 0.2) is 36.5 Å². The average molecular weight is 805 g/mol. The average Bonchev–Trinajstić information content (AvgIpc) is 3.17. The predicted molar refractivity (Wildman–Crippen MR) is 238 cm³/mol. The Labute approximate surface area is 351 Å². The molecule has 8 nitrogen and oxygen atoms in total. The minimum atomic E-state index is -0.876. The Morgan fingerprint density at radius 2 is 0.982 bits per heavy atom. The van der Waals surface area contributed by atoms with Gasteiger partial charge in [-0.05, 0) is 44.9 Å². The molecule has 0 aliphatic carbocycles. The first kappa shape index (κ1) is 54.6. The Morgan fingerprint density at radius 1 is 0.544 bits per heavy atom. The molecule has 0 aromatic rings. The number of unbranched alkanes of at least 4 members (excludes halogenated alkanes) is 22. The van der Waals surface area contributed by atoms with Gasteiger partial charge in [0.25, 0.3) is 0 Å². The summed E-state index contributed by atoms with van der Waals surface area (Å²) in [5.74, 6) is -1.47. The van der Waals surface area contributed by atoms with Crippen molar-refractivity contribution in [2.24, 2.45) is 0 Å². The maximum atomic E-state index is 12.7. The van der Waals surface area contributed by atoms with Gasteiger partial charge >= 0.3 is 17.9 Å². The normalized spacial score (nSPS) is 13.2. The molecule has 0 aromatic carbocycles. The fourth-order valence-corrected chi connectivity index (χ4v) is 6.93. The molecule has 332 valence electrons. The number of esters is 2. The van der Waals surface area contributed by atoms with Crippen LogP contribution in [0.2, 0.25) is 0 Å². The zero-order valence-corrected chi connectivity index (χ0v) is 37.8. The van der Waals surface area contributed by atoms with Crippen molar-refractivity contribution in [3.05, 3.63) is 36.5 Å². The van der Waals surface area contributed by atoms with Gasteiger partial charge in [0.05, 0.1) is 34.4 Å². The third kappa shape index (κ3) is 38.8. The van der Waals surface area contributed by atoms with Gasteiger partial charge < -0.3 is 23.8 Å². The van der Waals surface area contributed by atoms with Crippen molar-refractivity contribution in [3.63, 3.8) is 0 Å². The third-order valence-electron chi connectivity index (χ3n) is 10.6. The summed E-state index contributed by atoms with van der Waals surface area (Å²) in [6.07, 6.45) is 46.1. The summed E-state index contributed by atoms with van der Waals surface area (Å²) in [6, 6.07) is -0.616. The molecular formula is C49H90NO7+. The van der Waals surface area contributed by atoms with E-state index in [2.05, 4.69) is 50.3 Å². The van der Waals surface area contributed by atoms with E-state index in [0.717, 1.165) is 70.6 Å². The van der Waals surface area contributed by atoms with Crippen LogP contribution in [-0.2, 0) is 28.6 Å². The fraction of sp³-hybridized carbons (Fsp3) is 0.816. The van der Waals surface area contributed by atoms with Crippen LogP contribution in [0.1, 0.15) is 206 Å². The van der Waals surface area contributed by atoms with Gasteiger partial charge in [-0.3, -0.25) is 9.59 Å². The quantitative estimate of drug-likeness (QED) is 0.0284. The molecule has 0 aromatic heterocycles. The van der Waals surface area contributed by atoms with Crippen LogP contribution in [0.4, 0.5) is 0 Å². The summed E-state index contributed by atoms with van der Waals surface area (Å²) in [5, 5.41) is 9.63. The molecule has 0 rings (SSSR count). The van der Waals surface area contributed by atoms with Gasteiger partial charge in [0.1, 0.15) is 6.61 Å². The molecule has 0 heterocycles. The smallest absolute Gasteiger partial charge is 0.362 e. The lowest BCUT2D eigenvalue weighted by molar-refractivity contribution is -0.887. The van der Waals surface area contributed by atoms with Crippen LogP contribution < -0.4 is 0 Å². The number of carbonyl (C=O) groups is 3. The molecule has 0 aliphatic heterocycles. The van der Waals surface area contributed by atoms with Crippen LogP contribution >= 0.6 is 0 Å². The number of ether oxygens (including phenoxy) is 3. The second-order valence-electron chi connectivity index (χ2n) is 17.0. The Hall–Kier alpha value is -2.45. The summed E-state index contributed by atoms with van der Waals surface area (Å²) in [6.45, 7) is 4.63. The predicted octanol–water partition coefficient (Wildman–Crippen LogP) is 13.0. The van der Waals surface area contributed by atoms with Gasteiger partial charge in [0, 0.05) is 19.3 Å². The van der Waals surface area contributed by atoms with Crippen molar-refractivity contribution in [2.45, 2.75) is 219 Å². The van der Waals surface area contributed by atoms with E-state index in [1.807, 2.05) is 21.1 Å². The van der Waals surface area contributed by atoms with Crippen molar-refractivity contribution < 1.29 is 38.2 Å². The molecule has 0 amide bonds. The Bertz CT molecular complexity index is 1030. The number of nitrogens with zero attached hydrogens (tertiary/aromatic N) is 1. The number of carbonyl (C=O) groups excluding carboxylic acids is 2. The number of quaternary nitrogens is 1. The summed E-state index contributed by atoms with van der Waals surface area (Å²) in [7, 11) is 5.53. The number of aliphatic carboxylic acids is 1. The molecule has 2 unspecified atom stereocenters. The van der Waals surface area contributed by atoms with Gasteiger partial charge in [-0.15, -0.1) is 0 Å². The number of carboxylic acid groups (broad SMARTS) is 1. The number of hydrogen-bond donors (Lipinski definition) is 1. The van der Waals surface area contributed by atoms with Crippen LogP contribution in [0.3, 0.4) is 0 Å². The molecule has 0 aliphatic rings. The maximum Gasteiger partial charge on any atom is 0.362 e. The van der Waals surface area contributed by atoms with Crippen LogP contribution in [0.5, 0.6) is 0 Å². The van der Waals surface area contributed by atoms with Crippen molar-refractivity contribution in [3.8, 4) is 0 Å². The second-order valence-corrected chi connectivity index (χ2v) is 17.0. The summed E-state index contributed by atoms with van der Waals surface area (Å²) >= 11 is 0. The minimum Gasteiger partial charge on any atom is -0.477 e. The monoisotopic (exact) mass is 805 g/mol.